The van der Waals surface area contributed by atoms with E-state index in [0.29, 0.717) is 18.1 Å². The highest BCUT2D eigenvalue weighted by molar-refractivity contribution is 4.87. The predicted octanol–water partition coefficient (Wildman–Crippen LogP) is 3.50. The molecule has 120 valence electrons. The Morgan fingerprint density at radius 3 is 2.55 bits per heavy atom. The Kier molecular flexibility index (Phi) is 8.08. The molecule has 0 aromatic carbocycles. The van der Waals surface area contributed by atoms with Crippen LogP contribution in [0.3, 0.4) is 0 Å². The van der Waals surface area contributed by atoms with E-state index in [-0.39, 0.29) is 12.1 Å². The second-order valence-electron chi connectivity index (χ2n) is 6.87. The smallest absolute Gasteiger partial charge is 0.0613 e. The van der Waals surface area contributed by atoms with Crippen molar-refractivity contribution in [1.29, 1.82) is 0 Å². The van der Waals surface area contributed by atoms with Crippen LogP contribution in [0.15, 0.2) is 0 Å². The van der Waals surface area contributed by atoms with Gasteiger partial charge in [-0.05, 0) is 38.0 Å². The zero-order valence-corrected chi connectivity index (χ0v) is 14.0. The van der Waals surface area contributed by atoms with Gasteiger partial charge in [-0.15, -0.1) is 0 Å². The number of hydrogen-bond acceptors (Lipinski definition) is 3. The highest BCUT2D eigenvalue weighted by Crippen LogP contribution is 2.27. The van der Waals surface area contributed by atoms with Crippen molar-refractivity contribution >= 4 is 0 Å². The second-order valence-corrected chi connectivity index (χ2v) is 6.87. The third-order valence-corrected chi connectivity index (χ3v) is 4.74. The lowest BCUT2D eigenvalue weighted by molar-refractivity contribution is -0.0102. The molecule has 0 radical (unpaired) electrons. The molecule has 1 fully saturated rings. The van der Waals surface area contributed by atoms with E-state index >= 15 is 0 Å². The SMILES string of the molecule is CCC(CO)(CCCOC1CCCCC1C)NC(C)C. The number of aliphatic hydroxyl groups excluding tert-OH is 1. The average molecular weight is 285 g/mol. The van der Waals surface area contributed by atoms with Gasteiger partial charge >= 0.3 is 0 Å². The first-order valence-corrected chi connectivity index (χ1v) is 8.53. The summed E-state index contributed by atoms with van der Waals surface area (Å²) in [6, 6.07) is 0.404. The molecule has 1 aliphatic carbocycles. The fourth-order valence-electron chi connectivity index (χ4n) is 3.37. The topological polar surface area (TPSA) is 41.5 Å². The normalized spacial score (nSPS) is 26.7. The summed E-state index contributed by atoms with van der Waals surface area (Å²) < 4.78 is 6.08. The van der Waals surface area contributed by atoms with Crippen molar-refractivity contribution in [3.63, 3.8) is 0 Å². The summed E-state index contributed by atoms with van der Waals surface area (Å²) in [6.07, 6.45) is 8.66. The minimum atomic E-state index is -0.129. The first kappa shape index (κ1) is 17.9. The lowest BCUT2D eigenvalue weighted by atomic mass is 9.88. The van der Waals surface area contributed by atoms with E-state index in [9.17, 15) is 5.11 Å². The van der Waals surface area contributed by atoms with Crippen molar-refractivity contribution in [3.8, 4) is 0 Å². The van der Waals surface area contributed by atoms with Crippen molar-refractivity contribution in [2.75, 3.05) is 13.2 Å². The Morgan fingerprint density at radius 1 is 1.30 bits per heavy atom. The fourth-order valence-corrected chi connectivity index (χ4v) is 3.37. The number of aliphatic hydroxyl groups is 1. The lowest BCUT2D eigenvalue weighted by Gasteiger charge is -2.35. The van der Waals surface area contributed by atoms with Crippen LogP contribution >= 0.6 is 0 Å². The van der Waals surface area contributed by atoms with E-state index in [2.05, 4.69) is 33.0 Å². The van der Waals surface area contributed by atoms with Crippen LogP contribution in [0, 0.1) is 5.92 Å². The van der Waals surface area contributed by atoms with Gasteiger partial charge in [0.05, 0.1) is 12.7 Å². The third kappa shape index (κ3) is 5.71. The highest BCUT2D eigenvalue weighted by atomic mass is 16.5. The van der Waals surface area contributed by atoms with Crippen LogP contribution in [-0.4, -0.2) is 36.0 Å². The average Bonchev–Trinajstić information content (AvgIpc) is 2.43. The zero-order chi connectivity index (χ0) is 15.0. The monoisotopic (exact) mass is 285 g/mol. The molecular weight excluding hydrogens is 250 g/mol. The van der Waals surface area contributed by atoms with Gasteiger partial charge in [-0.25, -0.2) is 0 Å². The summed E-state index contributed by atoms with van der Waals surface area (Å²) in [5.41, 5.74) is -0.129. The first-order valence-electron chi connectivity index (χ1n) is 8.53. The maximum Gasteiger partial charge on any atom is 0.0613 e. The molecule has 0 spiro atoms. The van der Waals surface area contributed by atoms with Gasteiger partial charge in [0.15, 0.2) is 0 Å². The lowest BCUT2D eigenvalue weighted by Crippen LogP contribution is -2.51. The van der Waals surface area contributed by atoms with E-state index < -0.39 is 0 Å². The molecule has 1 saturated carbocycles. The predicted molar refractivity (Wildman–Crippen MR) is 85.0 cm³/mol. The maximum atomic E-state index is 9.71. The van der Waals surface area contributed by atoms with Gasteiger partial charge in [0.1, 0.15) is 0 Å². The summed E-state index contributed by atoms with van der Waals surface area (Å²) in [5, 5.41) is 13.2. The van der Waals surface area contributed by atoms with Gasteiger partial charge in [-0.2, -0.15) is 0 Å². The van der Waals surface area contributed by atoms with Crippen molar-refractivity contribution in [2.45, 2.75) is 90.3 Å². The van der Waals surface area contributed by atoms with Gasteiger partial charge < -0.3 is 15.2 Å². The van der Waals surface area contributed by atoms with Gasteiger partial charge in [0.2, 0.25) is 0 Å². The number of rotatable bonds is 9. The summed E-state index contributed by atoms with van der Waals surface area (Å²) in [5.74, 6) is 0.714. The van der Waals surface area contributed by atoms with Crippen LogP contribution in [0.4, 0.5) is 0 Å². The van der Waals surface area contributed by atoms with Crippen LogP contribution in [0.25, 0.3) is 0 Å². The van der Waals surface area contributed by atoms with Crippen LogP contribution in [0.1, 0.15) is 72.6 Å². The molecular formula is C17H35NO2. The van der Waals surface area contributed by atoms with E-state index in [1.165, 1.54) is 25.7 Å². The standard InChI is InChI=1S/C17H35NO2/c1-5-17(13-19,18-14(2)3)11-8-12-20-16-10-7-6-9-15(16)4/h14-16,18-19H,5-13H2,1-4H3. The van der Waals surface area contributed by atoms with Crippen LogP contribution in [0.5, 0.6) is 0 Å². The molecule has 1 aliphatic rings. The molecule has 0 aromatic rings. The number of ether oxygens (including phenoxy) is 1. The molecule has 0 saturated heterocycles. The molecule has 20 heavy (non-hydrogen) atoms. The van der Waals surface area contributed by atoms with E-state index in [4.69, 9.17) is 4.74 Å². The van der Waals surface area contributed by atoms with Gasteiger partial charge in [-0.1, -0.05) is 40.5 Å². The van der Waals surface area contributed by atoms with Crippen LogP contribution in [0.2, 0.25) is 0 Å². The number of hydrogen-bond donors (Lipinski definition) is 2. The Morgan fingerprint density at radius 2 is 2.00 bits per heavy atom. The Balaban J connectivity index is 2.29. The molecule has 3 unspecified atom stereocenters. The van der Waals surface area contributed by atoms with Gasteiger partial charge in [-0.3, -0.25) is 0 Å². The van der Waals surface area contributed by atoms with Crippen LogP contribution in [-0.2, 0) is 4.74 Å². The summed E-state index contributed by atoms with van der Waals surface area (Å²) in [4.78, 5) is 0. The Hall–Kier alpha value is -0.120. The molecule has 0 aromatic heterocycles. The molecule has 1 rings (SSSR count). The van der Waals surface area contributed by atoms with Crippen LogP contribution < -0.4 is 5.32 Å². The highest BCUT2D eigenvalue weighted by Gasteiger charge is 2.27. The van der Waals surface area contributed by atoms with E-state index in [0.717, 1.165) is 25.9 Å². The third-order valence-electron chi connectivity index (χ3n) is 4.74. The maximum absolute atomic E-state index is 9.71. The van der Waals surface area contributed by atoms with Crippen molar-refractivity contribution < 1.29 is 9.84 Å². The fraction of sp³-hybridized carbons (Fsp3) is 1.00. The molecule has 0 heterocycles. The summed E-state index contributed by atoms with van der Waals surface area (Å²) in [6.45, 7) is 9.78. The van der Waals surface area contributed by atoms with Crippen molar-refractivity contribution in [2.24, 2.45) is 5.92 Å². The largest absolute Gasteiger partial charge is 0.394 e. The Labute approximate surface area is 125 Å². The number of nitrogens with one attached hydrogen (secondary N) is 1. The minimum absolute atomic E-state index is 0.129. The summed E-state index contributed by atoms with van der Waals surface area (Å²) in [7, 11) is 0. The summed E-state index contributed by atoms with van der Waals surface area (Å²) >= 11 is 0. The Bertz CT molecular complexity index is 251. The van der Waals surface area contributed by atoms with E-state index in [1.807, 2.05) is 0 Å². The van der Waals surface area contributed by atoms with E-state index in [1.54, 1.807) is 0 Å². The second kappa shape index (κ2) is 9.01. The molecule has 3 atom stereocenters. The molecule has 2 N–H and O–H groups in total. The van der Waals surface area contributed by atoms with Crippen molar-refractivity contribution in [1.82, 2.24) is 5.32 Å². The molecule has 0 bridgehead atoms. The zero-order valence-electron chi connectivity index (χ0n) is 14.0. The quantitative estimate of drug-likeness (QED) is 0.637. The van der Waals surface area contributed by atoms with Gasteiger partial charge in [0, 0.05) is 18.2 Å². The van der Waals surface area contributed by atoms with Gasteiger partial charge in [0.25, 0.3) is 0 Å². The minimum Gasteiger partial charge on any atom is -0.394 e. The first-order chi connectivity index (χ1) is 9.53. The molecule has 0 aliphatic heterocycles. The molecule has 3 nitrogen and oxygen atoms in total. The molecule has 3 heteroatoms. The van der Waals surface area contributed by atoms with Crippen molar-refractivity contribution in [3.05, 3.63) is 0 Å². The molecule has 0 amide bonds.